The highest BCUT2D eigenvalue weighted by Gasteiger charge is 2.13. The number of amidine groups is 1. The zero-order valence-electron chi connectivity index (χ0n) is 14.1. The molecule has 3 heteroatoms. The summed E-state index contributed by atoms with van der Waals surface area (Å²) in [6.45, 7) is 2.28. The lowest BCUT2D eigenvalue weighted by molar-refractivity contribution is 0.563. The molecule has 0 aromatic carbocycles. The zero-order valence-corrected chi connectivity index (χ0v) is 14.9. The fourth-order valence-electron chi connectivity index (χ4n) is 3.02. The van der Waals surface area contributed by atoms with Crippen LogP contribution in [0.1, 0.15) is 96.8 Å². The molecule has 1 fully saturated rings. The zero-order chi connectivity index (χ0) is 15.2. The quantitative estimate of drug-likeness (QED) is 0.277. The summed E-state index contributed by atoms with van der Waals surface area (Å²) in [5.41, 5.74) is 5.99. The normalized spacial score (nSPS) is 16.7. The number of aliphatic imine (C=N–C) groups is 1. The highest BCUT2D eigenvalue weighted by Crippen LogP contribution is 2.22. The highest BCUT2D eigenvalue weighted by atomic mass is 32.2. The molecule has 2 N–H and O–H groups in total. The van der Waals surface area contributed by atoms with Gasteiger partial charge in [-0.3, -0.25) is 4.99 Å². The molecular formula is C18H36N2S. The number of hydrogen-bond acceptors (Lipinski definition) is 2. The number of nitrogens with two attached hydrogens (primary N) is 1. The van der Waals surface area contributed by atoms with Gasteiger partial charge in [0.1, 0.15) is 0 Å². The smallest absolute Gasteiger partial charge is 0.154 e. The summed E-state index contributed by atoms with van der Waals surface area (Å²) in [7, 11) is 0. The Morgan fingerprint density at radius 3 is 2.00 bits per heavy atom. The van der Waals surface area contributed by atoms with Crippen LogP contribution in [0.2, 0.25) is 0 Å². The van der Waals surface area contributed by atoms with Gasteiger partial charge in [-0.25, -0.2) is 0 Å². The molecule has 0 unspecified atom stereocenters. The summed E-state index contributed by atoms with van der Waals surface area (Å²) in [5, 5.41) is 0.831. The van der Waals surface area contributed by atoms with Gasteiger partial charge in [0.15, 0.2) is 5.17 Å². The van der Waals surface area contributed by atoms with Crippen LogP contribution < -0.4 is 5.73 Å². The van der Waals surface area contributed by atoms with E-state index < -0.39 is 0 Å². The molecule has 0 radical (unpaired) electrons. The van der Waals surface area contributed by atoms with Gasteiger partial charge >= 0.3 is 0 Å². The molecule has 1 aliphatic rings. The van der Waals surface area contributed by atoms with Gasteiger partial charge in [0.05, 0.1) is 6.04 Å². The van der Waals surface area contributed by atoms with Crippen LogP contribution in [0.4, 0.5) is 0 Å². The summed E-state index contributed by atoms with van der Waals surface area (Å²) in [5.74, 6) is 1.15. The van der Waals surface area contributed by atoms with E-state index in [1.54, 1.807) is 11.8 Å². The Kier molecular flexibility index (Phi) is 12.1. The van der Waals surface area contributed by atoms with Crippen LogP contribution in [-0.2, 0) is 0 Å². The largest absolute Gasteiger partial charge is 0.379 e. The highest BCUT2D eigenvalue weighted by molar-refractivity contribution is 8.13. The molecule has 2 nitrogen and oxygen atoms in total. The number of unbranched alkanes of at least 4 members (excludes halogenated alkanes) is 9. The Morgan fingerprint density at radius 1 is 0.905 bits per heavy atom. The van der Waals surface area contributed by atoms with E-state index in [0.29, 0.717) is 6.04 Å². The van der Waals surface area contributed by atoms with Crippen molar-refractivity contribution in [2.45, 2.75) is 103 Å². The third-order valence-corrected chi connectivity index (χ3v) is 5.28. The monoisotopic (exact) mass is 312 g/mol. The molecule has 124 valence electrons. The minimum absolute atomic E-state index is 0.533. The first kappa shape index (κ1) is 18.9. The maximum absolute atomic E-state index is 5.99. The molecule has 0 saturated heterocycles. The van der Waals surface area contributed by atoms with Gasteiger partial charge in [0.25, 0.3) is 0 Å². The van der Waals surface area contributed by atoms with Crippen molar-refractivity contribution < 1.29 is 0 Å². The first-order chi connectivity index (χ1) is 10.3. The minimum atomic E-state index is 0.533. The summed E-state index contributed by atoms with van der Waals surface area (Å²) in [4.78, 5) is 4.62. The van der Waals surface area contributed by atoms with Gasteiger partial charge in [-0.2, -0.15) is 0 Å². The van der Waals surface area contributed by atoms with E-state index in [-0.39, 0.29) is 0 Å². The molecule has 1 aliphatic carbocycles. The van der Waals surface area contributed by atoms with E-state index in [9.17, 15) is 0 Å². The van der Waals surface area contributed by atoms with Gasteiger partial charge in [0.2, 0.25) is 0 Å². The summed E-state index contributed by atoms with van der Waals surface area (Å²) in [6.07, 6.45) is 19.2. The summed E-state index contributed by atoms with van der Waals surface area (Å²) < 4.78 is 0. The van der Waals surface area contributed by atoms with Gasteiger partial charge in [-0.1, -0.05) is 89.3 Å². The van der Waals surface area contributed by atoms with Crippen LogP contribution in [-0.4, -0.2) is 17.0 Å². The van der Waals surface area contributed by atoms with Crippen molar-refractivity contribution >= 4 is 16.9 Å². The number of hydrogen-bond donors (Lipinski definition) is 1. The van der Waals surface area contributed by atoms with Crippen molar-refractivity contribution in [2.24, 2.45) is 10.7 Å². The molecule has 0 aliphatic heterocycles. The van der Waals surface area contributed by atoms with E-state index in [1.165, 1.54) is 89.9 Å². The summed E-state index contributed by atoms with van der Waals surface area (Å²) >= 11 is 1.77. The lowest BCUT2D eigenvalue weighted by Gasteiger charge is -2.05. The topological polar surface area (TPSA) is 38.4 Å². The molecule has 1 saturated carbocycles. The van der Waals surface area contributed by atoms with Crippen molar-refractivity contribution in [3.05, 3.63) is 0 Å². The SMILES string of the molecule is CCCCCCCCCCCCSC(N)=NC1CCCC1. The van der Waals surface area contributed by atoms with E-state index in [2.05, 4.69) is 11.9 Å². The van der Waals surface area contributed by atoms with Crippen LogP contribution in [0.3, 0.4) is 0 Å². The lowest BCUT2D eigenvalue weighted by Crippen LogP contribution is -2.12. The molecule has 0 bridgehead atoms. The Hall–Kier alpha value is -0.180. The first-order valence-electron chi connectivity index (χ1n) is 9.29. The molecule has 1 rings (SSSR count). The third kappa shape index (κ3) is 11.1. The van der Waals surface area contributed by atoms with Crippen molar-refractivity contribution in [2.75, 3.05) is 5.75 Å². The molecular weight excluding hydrogens is 276 g/mol. The fourth-order valence-corrected chi connectivity index (χ4v) is 3.80. The van der Waals surface area contributed by atoms with E-state index in [4.69, 9.17) is 5.73 Å². The Bertz CT molecular complexity index is 260. The van der Waals surface area contributed by atoms with E-state index >= 15 is 0 Å². The second-order valence-electron chi connectivity index (χ2n) is 6.44. The van der Waals surface area contributed by atoms with Crippen LogP contribution in [0.15, 0.2) is 4.99 Å². The van der Waals surface area contributed by atoms with Crippen molar-refractivity contribution in [1.29, 1.82) is 0 Å². The molecule has 0 heterocycles. The second-order valence-corrected chi connectivity index (χ2v) is 7.55. The maximum atomic E-state index is 5.99. The molecule has 0 aromatic heterocycles. The Labute approximate surface area is 136 Å². The second kappa shape index (κ2) is 13.5. The van der Waals surface area contributed by atoms with Crippen molar-refractivity contribution in [1.82, 2.24) is 0 Å². The van der Waals surface area contributed by atoms with Gasteiger partial charge < -0.3 is 5.73 Å². The van der Waals surface area contributed by atoms with Crippen LogP contribution in [0, 0.1) is 0 Å². The van der Waals surface area contributed by atoms with Crippen LogP contribution in [0.5, 0.6) is 0 Å². The van der Waals surface area contributed by atoms with Gasteiger partial charge in [-0.15, -0.1) is 0 Å². The first-order valence-corrected chi connectivity index (χ1v) is 10.3. The Morgan fingerprint density at radius 2 is 1.43 bits per heavy atom. The average molecular weight is 313 g/mol. The molecule has 0 atom stereocenters. The molecule has 0 aromatic rings. The minimum Gasteiger partial charge on any atom is -0.379 e. The molecule has 0 spiro atoms. The van der Waals surface area contributed by atoms with Crippen molar-refractivity contribution in [3.63, 3.8) is 0 Å². The van der Waals surface area contributed by atoms with Gasteiger partial charge in [-0.05, 0) is 19.3 Å². The Balaban J connectivity index is 1.81. The molecule has 21 heavy (non-hydrogen) atoms. The van der Waals surface area contributed by atoms with E-state index in [0.717, 1.165) is 10.9 Å². The van der Waals surface area contributed by atoms with Crippen LogP contribution >= 0.6 is 11.8 Å². The number of rotatable bonds is 12. The lowest BCUT2D eigenvalue weighted by atomic mass is 10.1. The van der Waals surface area contributed by atoms with Gasteiger partial charge in [0, 0.05) is 5.75 Å². The molecule has 0 amide bonds. The summed E-state index contributed by atoms with van der Waals surface area (Å²) in [6, 6.07) is 0.533. The van der Waals surface area contributed by atoms with Crippen molar-refractivity contribution in [3.8, 4) is 0 Å². The number of thioether (sulfide) groups is 1. The number of nitrogens with zero attached hydrogens (tertiary/aromatic N) is 1. The average Bonchev–Trinajstić information content (AvgIpc) is 2.97. The van der Waals surface area contributed by atoms with Crippen LogP contribution in [0.25, 0.3) is 0 Å². The maximum Gasteiger partial charge on any atom is 0.154 e. The third-order valence-electron chi connectivity index (χ3n) is 4.38. The fraction of sp³-hybridized carbons (Fsp3) is 0.944. The van der Waals surface area contributed by atoms with E-state index in [1.807, 2.05) is 0 Å². The standard InChI is InChI=1S/C18H36N2S/c1-2-3-4-5-6-7-8-9-10-13-16-21-18(19)20-17-14-11-12-15-17/h17H,2-16H2,1H3,(H2,19,20). The predicted octanol–water partition coefficient (Wildman–Crippen LogP) is 5.90. The predicted molar refractivity (Wildman–Crippen MR) is 98.2 cm³/mol.